The van der Waals surface area contributed by atoms with Crippen LogP contribution in [0.4, 0.5) is 4.79 Å². The first kappa shape index (κ1) is 17.9. The highest BCUT2D eigenvalue weighted by molar-refractivity contribution is 5.71. The number of amides is 1. The van der Waals surface area contributed by atoms with Crippen LogP contribution in [0.25, 0.3) is 0 Å². The molecule has 0 unspecified atom stereocenters. The van der Waals surface area contributed by atoms with Gasteiger partial charge >= 0.3 is 6.09 Å². The third-order valence-electron chi connectivity index (χ3n) is 3.35. The van der Waals surface area contributed by atoms with E-state index in [0.29, 0.717) is 12.4 Å². The Morgan fingerprint density at radius 2 is 1.62 bits per heavy atom. The van der Waals surface area contributed by atoms with Crippen molar-refractivity contribution in [3.8, 4) is 11.5 Å². The summed E-state index contributed by atoms with van der Waals surface area (Å²) in [6.45, 7) is 10.1. The smallest absolute Gasteiger partial charge is 0.413 e. The fourth-order valence-electron chi connectivity index (χ4n) is 2.37. The van der Waals surface area contributed by atoms with Gasteiger partial charge in [0, 0.05) is 5.54 Å². The molecule has 1 amide bonds. The Morgan fingerprint density at radius 3 is 2.17 bits per heavy atom. The fraction of sp³-hybridized carbons (Fsp3) is 0.350. The number of hydrogen-bond acceptors (Lipinski definition) is 3. The number of rotatable bonds is 4. The second kappa shape index (κ2) is 7.39. The molecule has 0 bridgehead atoms. The van der Waals surface area contributed by atoms with Crippen LogP contribution in [0.2, 0.25) is 0 Å². The largest absolute Gasteiger partial charge is 0.488 e. The Bertz CT molecular complexity index is 680. The number of aryl methyl sites for hydroxylation is 2. The molecule has 1 N–H and O–H groups in total. The molecule has 4 nitrogen and oxygen atoms in total. The van der Waals surface area contributed by atoms with Crippen molar-refractivity contribution in [3.63, 3.8) is 0 Å². The number of hydrogen-bond donors (Lipinski definition) is 1. The molecule has 2 aromatic rings. The Kier molecular flexibility index (Phi) is 5.50. The first-order valence-electron chi connectivity index (χ1n) is 8.02. The maximum atomic E-state index is 11.9. The molecule has 0 heterocycles. The van der Waals surface area contributed by atoms with Crippen molar-refractivity contribution in [2.45, 2.75) is 46.8 Å². The van der Waals surface area contributed by atoms with Gasteiger partial charge in [0.25, 0.3) is 0 Å². The summed E-state index contributed by atoms with van der Waals surface area (Å²) < 4.78 is 11.3. The topological polar surface area (TPSA) is 47.6 Å². The lowest BCUT2D eigenvalue weighted by Crippen LogP contribution is -2.42. The van der Waals surface area contributed by atoms with Crippen molar-refractivity contribution in [1.82, 2.24) is 5.32 Å². The number of benzene rings is 2. The molecule has 0 aliphatic rings. The Morgan fingerprint density at radius 1 is 1.04 bits per heavy atom. The standard InChI is InChI=1S/C20H25NO3/c1-14-11-17(24-19(22)21-20(3,4)5)12-15(2)18(14)23-13-16-9-7-6-8-10-16/h6-12H,13H2,1-5H3,(H,21,22). The molecule has 24 heavy (non-hydrogen) atoms. The predicted octanol–water partition coefficient (Wildman–Crippen LogP) is 4.77. The highest BCUT2D eigenvalue weighted by Crippen LogP contribution is 2.29. The van der Waals surface area contributed by atoms with Gasteiger partial charge in [0.15, 0.2) is 0 Å². The summed E-state index contributed by atoms with van der Waals surface area (Å²) in [6, 6.07) is 13.6. The van der Waals surface area contributed by atoms with Crippen molar-refractivity contribution >= 4 is 6.09 Å². The molecule has 0 aliphatic carbocycles. The quantitative estimate of drug-likeness (QED) is 0.880. The van der Waals surface area contributed by atoms with Crippen molar-refractivity contribution in [3.05, 3.63) is 59.2 Å². The van der Waals surface area contributed by atoms with Crippen molar-refractivity contribution in [2.24, 2.45) is 0 Å². The average molecular weight is 327 g/mol. The van der Waals surface area contributed by atoms with Crippen LogP contribution in [0.15, 0.2) is 42.5 Å². The SMILES string of the molecule is Cc1cc(OC(=O)NC(C)(C)C)cc(C)c1OCc1ccccc1. The summed E-state index contributed by atoms with van der Waals surface area (Å²) in [5.74, 6) is 1.33. The molecular formula is C20H25NO3. The molecule has 2 rings (SSSR count). The van der Waals surface area contributed by atoms with E-state index in [0.717, 1.165) is 22.4 Å². The predicted molar refractivity (Wildman–Crippen MR) is 95.6 cm³/mol. The van der Waals surface area contributed by atoms with Gasteiger partial charge in [-0.25, -0.2) is 4.79 Å². The molecule has 0 fully saturated rings. The van der Waals surface area contributed by atoms with Crippen LogP contribution >= 0.6 is 0 Å². The van der Waals surface area contributed by atoms with Gasteiger partial charge in [-0.2, -0.15) is 0 Å². The first-order valence-corrected chi connectivity index (χ1v) is 8.02. The van der Waals surface area contributed by atoms with Gasteiger partial charge in [-0.1, -0.05) is 30.3 Å². The van der Waals surface area contributed by atoms with Crippen LogP contribution in [0.1, 0.15) is 37.5 Å². The average Bonchev–Trinajstić information content (AvgIpc) is 2.45. The summed E-state index contributed by atoms with van der Waals surface area (Å²) in [5.41, 5.74) is 2.65. The summed E-state index contributed by atoms with van der Waals surface area (Å²) in [6.07, 6.45) is -0.459. The first-order chi connectivity index (χ1) is 11.2. The maximum absolute atomic E-state index is 11.9. The summed E-state index contributed by atoms with van der Waals surface area (Å²) >= 11 is 0. The molecule has 128 valence electrons. The minimum absolute atomic E-state index is 0.333. The summed E-state index contributed by atoms with van der Waals surface area (Å²) in [7, 11) is 0. The minimum Gasteiger partial charge on any atom is -0.488 e. The molecule has 0 atom stereocenters. The summed E-state index contributed by atoms with van der Waals surface area (Å²) in [4.78, 5) is 11.9. The van der Waals surface area contributed by atoms with E-state index < -0.39 is 6.09 Å². The van der Waals surface area contributed by atoms with Gasteiger partial charge in [0.2, 0.25) is 0 Å². The zero-order valence-electron chi connectivity index (χ0n) is 15.0. The van der Waals surface area contributed by atoms with E-state index in [2.05, 4.69) is 5.32 Å². The van der Waals surface area contributed by atoms with Gasteiger partial charge in [0.1, 0.15) is 18.1 Å². The second-order valence-electron chi connectivity index (χ2n) is 6.92. The Balaban J connectivity index is 2.06. The normalized spacial score (nSPS) is 11.0. The van der Waals surface area contributed by atoms with E-state index >= 15 is 0 Å². The van der Waals surface area contributed by atoms with Crippen LogP contribution in [-0.4, -0.2) is 11.6 Å². The van der Waals surface area contributed by atoms with Gasteiger partial charge in [-0.05, 0) is 63.4 Å². The lowest BCUT2D eigenvalue weighted by Gasteiger charge is -2.20. The van der Waals surface area contributed by atoms with E-state index in [-0.39, 0.29) is 5.54 Å². The highest BCUT2D eigenvalue weighted by atomic mass is 16.6. The third-order valence-corrected chi connectivity index (χ3v) is 3.35. The fourth-order valence-corrected chi connectivity index (χ4v) is 2.37. The van der Waals surface area contributed by atoms with Gasteiger partial charge in [-0.15, -0.1) is 0 Å². The molecule has 0 aromatic heterocycles. The van der Waals surface area contributed by atoms with Gasteiger partial charge in [-0.3, -0.25) is 0 Å². The molecular weight excluding hydrogens is 302 g/mol. The number of carbonyl (C=O) groups is 1. The van der Waals surface area contributed by atoms with Gasteiger partial charge < -0.3 is 14.8 Å². The number of ether oxygens (including phenoxy) is 2. The maximum Gasteiger partial charge on any atom is 0.413 e. The molecule has 0 aliphatic heterocycles. The molecule has 0 spiro atoms. The van der Waals surface area contributed by atoms with Crippen LogP contribution < -0.4 is 14.8 Å². The monoisotopic (exact) mass is 327 g/mol. The van der Waals surface area contributed by atoms with Crippen LogP contribution in [0, 0.1) is 13.8 Å². The van der Waals surface area contributed by atoms with Crippen molar-refractivity contribution < 1.29 is 14.3 Å². The zero-order valence-corrected chi connectivity index (χ0v) is 15.0. The highest BCUT2D eigenvalue weighted by Gasteiger charge is 2.16. The number of nitrogens with one attached hydrogen (secondary N) is 1. The van der Waals surface area contributed by atoms with Crippen molar-refractivity contribution in [2.75, 3.05) is 0 Å². The molecule has 0 radical (unpaired) electrons. The molecule has 4 heteroatoms. The third kappa shape index (κ3) is 5.30. The van der Waals surface area contributed by atoms with E-state index in [1.54, 1.807) is 0 Å². The lowest BCUT2D eigenvalue weighted by molar-refractivity contribution is 0.190. The summed E-state index contributed by atoms with van der Waals surface area (Å²) in [5, 5.41) is 2.78. The Hall–Kier alpha value is -2.49. The minimum atomic E-state index is -0.459. The zero-order chi connectivity index (χ0) is 17.7. The van der Waals surface area contributed by atoms with Crippen LogP contribution in [0.5, 0.6) is 11.5 Å². The van der Waals surface area contributed by atoms with E-state index in [1.807, 2.05) is 77.1 Å². The second-order valence-corrected chi connectivity index (χ2v) is 6.92. The van der Waals surface area contributed by atoms with Crippen LogP contribution in [-0.2, 0) is 6.61 Å². The van der Waals surface area contributed by atoms with Crippen LogP contribution in [0.3, 0.4) is 0 Å². The van der Waals surface area contributed by atoms with Gasteiger partial charge in [0.05, 0.1) is 0 Å². The van der Waals surface area contributed by atoms with Crippen molar-refractivity contribution in [1.29, 1.82) is 0 Å². The molecule has 2 aromatic carbocycles. The Labute approximate surface area is 143 Å². The lowest BCUT2D eigenvalue weighted by atomic mass is 10.1. The van der Waals surface area contributed by atoms with E-state index in [4.69, 9.17) is 9.47 Å². The molecule has 0 saturated heterocycles. The van der Waals surface area contributed by atoms with E-state index in [9.17, 15) is 4.79 Å². The number of carbonyl (C=O) groups excluding carboxylic acids is 1. The van der Waals surface area contributed by atoms with E-state index in [1.165, 1.54) is 0 Å². The molecule has 0 saturated carbocycles.